The van der Waals surface area contributed by atoms with Crippen LogP contribution in [-0.2, 0) is 0 Å². The fourth-order valence-electron chi connectivity index (χ4n) is 2.76. The molecule has 0 unspecified atom stereocenters. The largest absolute Gasteiger partial charge is 0.390 e. The zero-order valence-corrected chi connectivity index (χ0v) is 12.4. The van der Waals surface area contributed by atoms with Crippen molar-refractivity contribution < 1.29 is 0 Å². The number of aryl methyl sites for hydroxylation is 1. The molecule has 102 valence electrons. The van der Waals surface area contributed by atoms with Crippen molar-refractivity contribution in [1.29, 1.82) is 0 Å². The van der Waals surface area contributed by atoms with E-state index in [0.29, 0.717) is 6.04 Å². The van der Waals surface area contributed by atoms with Crippen LogP contribution >= 0.6 is 11.3 Å². The first-order valence-electron chi connectivity index (χ1n) is 6.84. The Kier molecular flexibility index (Phi) is 2.41. The number of anilines is 1. The van der Waals surface area contributed by atoms with Crippen molar-refractivity contribution in [1.82, 2.24) is 14.5 Å². The molecule has 3 aromatic rings. The summed E-state index contributed by atoms with van der Waals surface area (Å²) in [5, 5.41) is 0.866. The number of thiophene rings is 1. The van der Waals surface area contributed by atoms with Gasteiger partial charge in [0.2, 0.25) is 0 Å². The van der Waals surface area contributed by atoms with E-state index in [2.05, 4.69) is 29.5 Å². The van der Waals surface area contributed by atoms with Crippen LogP contribution in [0.4, 0.5) is 5.00 Å². The highest BCUT2D eigenvalue weighted by Crippen LogP contribution is 2.45. The maximum Gasteiger partial charge on any atom is 0.144 e. The van der Waals surface area contributed by atoms with Gasteiger partial charge in [-0.3, -0.25) is 4.98 Å². The van der Waals surface area contributed by atoms with E-state index in [4.69, 9.17) is 10.7 Å². The van der Waals surface area contributed by atoms with Gasteiger partial charge in [0.1, 0.15) is 11.3 Å². The van der Waals surface area contributed by atoms with E-state index in [-0.39, 0.29) is 0 Å². The molecule has 2 N–H and O–H groups in total. The van der Waals surface area contributed by atoms with Crippen LogP contribution in [0.15, 0.2) is 18.5 Å². The maximum atomic E-state index is 6.24. The van der Waals surface area contributed by atoms with Crippen molar-refractivity contribution in [3.63, 3.8) is 0 Å². The third-order valence-electron chi connectivity index (χ3n) is 4.04. The highest BCUT2D eigenvalue weighted by molar-refractivity contribution is 7.16. The Balaban J connectivity index is 2.06. The number of nitrogens with two attached hydrogens (primary N) is 1. The van der Waals surface area contributed by atoms with Crippen LogP contribution in [0, 0.1) is 13.8 Å². The summed E-state index contributed by atoms with van der Waals surface area (Å²) >= 11 is 1.65. The molecule has 0 amide bonds. The lowest BCUT2D eigenvalue weighted by Crippen LogP contribution is -1.99. The first kappa shape index (κ1) is 11.9. The van der Waals surface area contributed by atoms with Crippen LogP contribution in [0.5, 0.6) is 0 Å². The summed E-state index contributed by atoms with van der Waals surface area (Å²) in [7, 11) is 0. The van der Waals surface area contributed by atoms with Crippen molar-refractivity contribution in [3.8, 4) is 11.4 Å². The average Bonchev–Trinajstić information content (AvgIpc) is 3.14. The van der Waals surface area contributed by atoms with Gasteiger partial charge < -0.3 is 10.3 Å². The van der Waals surface area contributed by atoms with Crippen LogP contribution in [0.3, 0.4) is 0 Å². The van der Waals surface area contributed by atoms with Crippen molar-refractivity contribution >= 4 is 27.4 Å². The number of aromatic nitrogens is 3. The average molecular weight is 284 g/mol. The van der Waals surface area contributed by atoms with Crippen LogP contribution < -0.4 is 5.73 Å². The van der Waals surface area contributed by atoms with Gasteiger partial charge in [0.05, 0.1) is 22.3 Å². The highest BCUT2D eigenvalue weighted by atomic mass is 32.1. The second-order valence-corrected chi connectivity index (χ2v) is 6.68. The van der Waals surface area contributed by atoms with E-state index in [0.717, 1.165) is 21.9 Å². The number of hydrogen-bond donors (Lipinski definition) is 1. The minimum atomic E-state index is 0.566. The number of rotatable bonds is 2. The maximum absolute atomic E-state index is 6.24. The molecule has 1 aliphatic carbocycles. The Morgan fingerprint density at radius 1 is 1.35 bits per heavy atom. The van der Waals surface area contributed by atoms with E-state index >= 15 is 0 Å². The quantitative estimate of drug-likeness (QED) is 0.780. The Morgan fingerprint density at radius 3 is 2.80 bits per heavy atom. The molecular formula is C15H16N4S. The molecular weight excluding hydrogens is 268 g/mol. The second-order valence-electron chi connectivity index (χ2n) is 5.42. The summed E-state index contributed by atoms with van der Waals surface area (Å²) in [4.78, 5) is 10.3. The standard InChI is InChI=1S/C15H16N4S/c1-8-9(2)20-14(16)13(8)15-18-11-7-17-6-5-12(11)19(15)10-3-4-10/h5-7,10H,3-4,16H2,1-2H3. The van der Waals surface area contributed by atoms with Crippen molar-refractivity contribution in [3.05, 3.63) is 28.9 Å². The Hall–Kier alpha value is -1.88. The van der Waals surface area contributed by atoms with Crippen LogP contribution in [-0.4, -0.2) is 14.5 Å². The van der Waals surface area contributed by atoms with Crippen molar-refractivity contribution in [2.45, 2.75) is 32.7 Å². The van der Waals surface area contributed by atoms with Crippen LogP contribution in [0.2, 0.25) is 0 Å². The Labute approximate surface area is 121 Å². The monoisotopic (exact) mass is 284 g/mol. The summed E-state index contributed by atoms with van der Waals surface area (Å²) in [6.07, 6.45) is 6.12. The van der Waals surface area contributed by atoms with E-state index in [9.17, 15) is 0 Å². The van der Waals surface area contributed by atoms with Gasteiger partial charge in [0.15, 0.2) is 0 Å². The van der Waals surface area contributed by atoms with Crippen LogP contribution in [0.25, 0.3) is 22.4 Å². The Bertz CT molecular complexity index is 811. The summed E-state index contributed by atoms with van der Waals surface area (Å²) in [5.41, 5.74) is 10.7. The number of imidazole rings is 1. The third-order valence-corrected chi connectivity index (χ3v) is 5.08. The molecule has 0 bridgehead atoms. The molecule has 0 aromatic carbocycles. The smallest absolute Gasteiger partial charge is 0.144 e. The summed E-state index contributed by atoms with van der Waals surface area (Å²) in [6, 6.07) is 2.62. The van der Waals surface area contributed by atoms with Gasteiger partial charge in [-0.25, -0.2) is 4.98 Å². The van der Waals surface area contributed by atoms with E-state index in [1.807, 2.05) is 12.4 Å². The zero-order chi connectivity index (χ0) is 13.9. The van der Waals surface area contributed by atoms with E-state index in [1.54, 1.807) is 11.3 Å². The van der Waals surface area contributed by atoms with Gasteiger partial charge in [0, 0.05) is 17.1 Å². The van der Waals surface area contributed by atoms with E-state index in [1.165, 1.54) is 28.8 Å². The summed E-state index contributed by atoms with van der Waals surface area (Å²) in [5.74, 6) is 1.01. The van der Waals surface area contributed by atoms with E-state index < -0.39 is 0 Å². The molecule has 1 fully saturated rings. The highest BCUT2D eigenvalue weighted by Gasteiger charge is 2.30. The van der Waals surface area contributed by atoms with Crippen LogP contribution in [0.1, 0.15) is 29.3 Å². The summed E-state index contributed by atoms with van der Waals surface area (Å²) < 4.78 is 2.35. The minimum Gasteiger partial charge on any atom is -0.390 e. The minimum absolute atomic E-state index is 0.566. The molecule has 3 aromatic heterocycles. The van der Waals surface area contributed by atoms with Crippen molar-refractivity contribution in [2.24, 2.45) is 0 Å². The first-order chi connectivity index (χ1) is 9.66. The fourth-order valence-corrected chi connectivity index (χ4v) is 3.69. The number of nitrogen functional groups attached to an aromatic ring is 1. The van der Waals surface area contributed by atoms with Gasteiger partial charge in [-0.1, -0.05) is 0 Å². The lowest BCUT2D eigenvalue weighted by molar-refractivity contribution is 0.775. The lowest BCUT2D eigenvalue weighted by atomic mass is 10.1. The fraction of sp³-hybridized carbons (Fsp3) is 0.333. The molecule has 1 aliphatic rings. The molecule has 20 heavy (non-hydrogen) atoms. The molecule has 3 heterocycles. The topological polar surface area (TPSA) is 56.7 Å². The number of nitrogens with zero attached hydrogens (tertiary/aromatic N) is 3. The zero-order valence-electron chi connectivity index (χ0n) is 11.6. The van der Waals surface area contributed by atoms with Gasteiger partial charge in [-0.15, -0.1) is 11.3 Å². The van der Waals surface area contributed by atoms with Gasteiger partial charge >= 0.3 is 0 Å². The second kappa shape index (κ2) is 4.06. The molecule has 0 atom stereocenters. The SMILES string of the molecule is Cc1sc(N)c(-c2nc3cnccc3n2C2CC2)c1C. The molecule has 0 radical (unpaired) electrons. The number of fused-ring (bicyclic) bond motifs is 1. The van der Waals surface area contributed by atoms with Gasteiger partial charge in [0.25, 0.3) is 0 Å². The normalized spacial score (nSPS) is 15.1. The lowest BCUT2D eigenvalue weighted by Gasteiger charge is -2.08. The molecule has 1 saturated carbocycles. The molecule has 4 rings (SSSR count). The van der Waals surface area contributed by atoms with Gasteiger partial charge in [-0.2, -0.15) is 0 Å². The predicted molar refractivity (Wildman–Crippen MR) is 83.0 cm³/mol. The first-order valence-corrected chi connectivity index (χ1v) is 7.66. The predicted octanol–water partition coefficient (Wildman–Crippen LogP) is 3.69. The number of pyridine rings is 1. The summed E-state index contributed by atoms with van der Waals surface area (Å²) in [6.45, 7) is 4.25. The van der Waals surface area contributed by atoms with Crippen molar-refractivity contribution in [2.75, 3.05) is 5.73 Å². The molecule has 0 aliphatic heterocycles. The molecule has 4 nitrogen and oxygen atoms in total. The number of hydrogen-bond acceptors (Lipinski definition) is 4. The molecule has 0 saturated heterocycles. The molecule has 5 heteroatoms. The van der Waals surface area contributed by atoms with Gasteiger partial charge in [-0.05, 0) is 38.3 Å². The molecule has 0 spiro atoms. The third kappa shape index (κ3) is 1.59. The Morgan fingerprint density at radius 2 is 2.15 bits per heavy atom.